The van der Waals surface area contributed by atoms with Crippen molar-refractivity contribution in [2.75, 3.05) is 13.1 Å². The molecule has 1 atom stereocenters. The van der Waals surface area contributed by atoms with Gasteiger partial charge in [0.1, 0.15) is 5.82 Å². The minimum atomic E-state index is -0.233. The molecule has 0 amide bonds. The lowest BCUT2D eigenvalue weighted by molar-refractivity contribution is 0.0696. The second-order valence-corrected chi connectivity index (χ2v) is 5.99. The van der Waals surface area contributed by atoms with Crippen LogP contribution in [0.25, 0.3) is 10.9 Å². The van der Waals surface area contributed by atoms with E-state index >= 15 is 0 Å². The molecule has 0 radical (unpaired) electrons. The Labute approximate surface area is 124 Å². The van der Waals surface area contributed by atoms with Crippen LogP contribution in [-0.4, -0.2) is 34.2 Å². The number of fused-ring (bicyclic) bond motifs is 1. The van der Waals surface area contributed by atoms with Crippen molar-refractivity contribution in [3.05, 3.63) is 41.8 Å². The first-order valence-corrected chi connectivity index (χ1v) is 7.57. The molecule has 1 aromatic heterocycles. The molecule has 0 spiro atoms. The quantitative estimate of drug-likeness (QED) is 0.943. The maximum Gasteiger partial charge on any atom is 0.124 e. The molecule has 0 aliphatic carbocycles. The highest BCUT2D eigenvalue weighted by Crippen LogP contribution is 2.24. The Morgan fingerprint density at radius 2 is 2.14 bits per heavy atom. The maximum atomic E-state index is 13.7. The lowest BCUT2D eigenvalue weighted by atomic mass is 9.92. The van der Waals surface area contributed by atoms with E-state index in [1.165, 1.54) is 6.07 Å². The molecule has 1 aliphatic rings. The van der Waals surface area contributed by atoms with Gasteiger partial charge in [-0.2, -0.15) is 0 Å². The summed E-state index contributed by atoms with van der Waals surface area (Å²) in [6, 6.07) is 6.86. The van der Waals surface area contributed by atoms with Crippen LogP contribution in [0, 0.1) is 11.7 Å². The molecule has 1 N–H and O–H groups in total. The topological polar surface area (TPSA) is 36.4 Å². The molecule has 1 aliphatic heterocycles. The molecule has 1 saturated heterocycles. The van der Waals surface area contributed by atoms with E-state index in [1.54, 1.807) is 12.3 Å². The lowest BCUT2D eigenvalue weighted by Gasteiger charge is -2.33. The van der Waals surface area contributed by atoms with Crippen LogP contribution in [0.4, 0.5) is 4.39 Å². The van der Waals surface area contributed by atoms with E-state index in [0.29, 0.717) is 5.92 Å². The van der Waals surface area contributed by atoms with Crippen molar-refractivity contribution in [1.82, 2.24) is 9.88 Å². The largest absolute Gasteiger partial charge is 0.393 e. The van der Waals surface area contributed by atoms with E-state index < -0.39 is 0 Å². The summed E-state index contributed by atoms with van der Waals surface area (Å²) >= 11 is 0. The smallest absolute Gasteiger partial charge is 0.124 e. The van der Waals surface area contributed by atoms with E-state index in [4.69, 9.17) is 0 Å². The van der Waals surface area contributed by atoms with Gasteiger partial charge in [0.2, 0.25) is 0 Å². The number of piperidine rings is 1. The van der Waals surface area contributed by atoms with Crippen LogP contribution in [0.1, 0.15) is 25.3 Å². The number of likely N-dealkylation sites (tertiary alicyclic amines) is 1. The molecular formula is C17H21FN2O. The first-order valence-electron chi connectivity index (χ1n) is 7.57. The van der Waals surface area contributed by atoms with Gasteiger partial charge in [0.25, 0.3) is 0 Å². The first-order chi connectivity index (χ1) is 10.1. The maximum absolute atomic E-state index is 13.7. The van der Waals surface area contributed by atoms with Crippen LogP contribution >= 0.6 is 0 Å². The molecule has 3 rings (SSSR count). The van der Waals surface area contributed by atoms with Gasteiger partial charge in [0, 0.05) is 18.1 Å². The number of rotatable bonds is 3. The van der Waals surface area contributed by atoms with Gasteiger partial charge >= 0.3 is 0 Å². The van der Waals surface area contributed by atoms with Gasteiger partial charge in [-0.3, -0.25) is 9.88 Å². The first kappa shape index (κ1) is 14.4. The molecule has 21 heavy (non-hydrogen) atoms. The Bertz CT molecular complexity index is 621. The predicted octanol–water partition coefficient (Wildman–Crippen LogP) is 2.97. The SMILES string of the molecule is CC(O)C1CCN(Cc2cc(F)cc3cccnc23)CC1. The highest BCUT2D eigenvalue weighted by molar-refractivity contribution is 5.81. The minimum absolute atomic E-state index is 0.204. The standard InChI is InChI=1S/C17H21FN2O/c1-12(21)13-4-7-20(8-5-13)11-15-10-16(18)9-14-3-2-6-19-17(14)15/h2-3,6,9-10,12-13,21H,4-5,7-8,11H2,1H3. The third kappa shape index (κ3) is 3.22. The van der Waals surface area contributed by atoms with Crippen molar-refractivity contribution in [3.8, 4) is 0 Å². The average Bonchev–Trinajstić information content (AvgIpc) is 2.47. The number of hydrogen-bond donors (Lipinski definition) is 1. The Morgan fingerprint density at radius 3 is 2.86 bits per heavy atom. The van der Waals surface area contributed by atoms with Gasteiger partial charge in [-0.15, -0.1) is 0 Å². The van der Waals surface area contributed by atoms with Crippen LogP contribution in [0.5, 0.6) is 0 Å². The fourth-order valence-electron chi connectivity index (χ4n) is 3.18. The third-order valence-corrected chi connectivity index (χ3v) is 4.46. The summed E-state index contributed by atoms with van der Waals surface area (Å²) in [4.78, 5) is 6.72. The lowest BCUT2D eigenvalue weighted by Crippen LogP contribution is -2.36. The molecule has 1 aromatic carbocycles. The van der Waals surface area contributed by atoms with Crippen molar-refractivity contribution >= 4 is 10.9 Å². The molecule has 0 saturated carbocycles. The average molecular weight is 288 g/mol. The van der Waals surface area contributed by atoms with Crippen molar-refractivity contribution in [2.24, 2.45) is 5.92 Å². The zero-order valence-electron chi connectivity index (χ0n) is 12.3. The monoisotopic (exact) mass is 288 g/mol. The second-order valence-electron chi connectivity index (χ2n) is 5.99. The van der Waals surface area contributed by atoms with Crippen LogP contribution in [-0.2, 0) is 6.54 Å². The molecule has 2 heterocycles. The Kier molecular flexibility index (Phi) is 4.17. The molecule has 2 aromatic rings. The summed E-state index contributed by atoms with van der Waals surface area (Å²) in [7, 11) is 0. The Morgan fingerprint density at radius 1 is 1.38 bits per heavy atom. The zero-order valence-corrected chi connectivity index (χ0v) is 12.3. The highest BCUT2D eigenvalue weighted by Gasteiger charge is 2.23. The third-order valence-electron chi connectivity index (χ3n) is 4.46. The van der Waals surface area contributed by atoms with Gasteiger partial charge in [-0.1, -0.05) is 6.07 Å². The van der Waals surface area contributed by atoms with Crippen LogP contribution < -0.4 is 0 Å². The molecular weight excluding hydrogens is 267 g/mol. The number of halogens is 1. The summed E-state index contributed by atoms with van der Waals surface area (Å²) in [5.41, 5.74) is 1.83. The van der Waals surface area contributed by atoms with Crippen LogP contribution in [0.2, 0.25) is 0 Å². The van der Waals surface area contributed by atoms with Crippen molar-refractivity contribution in [2.45, 2.75) is 32.4 Å². The highest BCUT2D eigenvalue weighted by atomic mass is 19.1. The van der Waals surface area contributed by atoms with E-state index in [-0.39, 0.29) is 11.9 Å². The number of aliphatic hydroxyl groups excluding tert-OH is 1. The summed E-state index contributed by atoms with van der Waals surface area (Å²) in [5.74, 6) is 0.188. The van der Waals surface area contributed by atoms with Crippen molar-refractivity contribution in [3.63, 3.8) is 0 Å². The van der Waals surface area contributed by atoms with Crippen molar-refractivity contribution in [1.29, 1.82) is 0 Å². The Balaban J connectivity index is 1.77. The van der Waals surface area contributed by atoms with Crippen LogP contribution in [0.3, 0.4) is 0 Å². The van der Waals surface area contributed by atoms with E-state index in [9.17, 15) is 9.50 Å². The van der Waals surface area contributed by atoms with Gasteiger partial charge in [0.05, 0.1) is 11.6 Å². The number of aromatic nitrogens is 1. The van der Waals surface area contributed by atoms with Gasteiger partial charge in [-0.05, 0) is 62.5 Å². The van der Waals surface area contributed by atoms with E-state index in [2.05, 4.69) is 9.88 Å². The molecule has 1 unspecified atom stereocenters. The molecule has 112 valence electrons. The van der Waals surface area contributed by atoms with Gasteiger partial charge in [-0.25, -0.2) is 4.39 Å². The number of aliphatic hydroxyl groups is 1. The number of nitrogens with zero attached hydrogens (tertiary/aromatic N) is 2. The van der Waals surface area contributed by atoms with E-state index in [0.717, 1.165) is 48.9 Å². The minimum Gasteiger partial charge on any atom is -0.393 e. The Hall–Kier alpha value is -1.52. The summed E-state index contributed by atoms with van der Waals surface area (Å²) in [6.45, 7) is 4.48. The number of hydrogen-bond acceptors (Lipinski definition) is 3. The summed E-state index contributed by atoms with van der Waals surface area (Å²) < 4.78 is 13.7. The van der Waals surface area contributed by atoms with Crippen LogP contribution in [0.15, 0.2) is 30.5 Å². The zero-order chi connectivity index (χ0) is 14.8. The number of benzene rings is 1. The fourth-order valence-corrected chi connectivity index (χ4v) is 3.18. The molecule has 0 bridgehead atoms. The second kappa shape index (κ2) is 6.08. The molecule has 3 nitrogen and oxygen atoms in total. The van der Waals surface area contributed by atoms with Gasteiger partial charge < -0.3 is 5.11 Å². The van der Waals surface area contributed by atoms with Crippen molar-refractivity contribution < 1.29 is 9.50 Å². The predicted molar refractivity (Wildman–Crippen MR) is 81.4 cm³/mol. The molecule has 4 heteroatoms. The number of pyridine rings is 1. The summed E-state index contributed by atoms with van der Waals surface area (Å²) in [6.07, 6.45) is 3.52. The van der Waals surface area contributed by atoms with E-state index in [1.807, 2.05) is 19.1 Å². The normalized spacial score (nSPS) is 19.0. The summed E-state index contributed by atoms with van der Waals surface area (Å²) in [5, 5.41) is 10.5. The van der Waals surface area contributed by atoms with Gasteiger partial charge in [0.15, 0.2) is 0 Å². The molecule has 1 fully saturated rings. The fraction of sp³-hybridized carbons (Fsp3) is 0.471.